The molecule has 0 fully saturated rings. The minimum absolute atomic E-state index is 0.0502. The van der Waals surface area contributed by atoms with E-state index in [1.807, 2.05) is 24.3 Å². The van der Waals surface area contributed by atoms with Crippen molar-refractivity contribution in [3.63, 3.8) is 0 Å². The molecular formula is C15H14BrNO. The first-order chi connectivity index (χ1) is 8.75. The zero-order chi connectivity index (χ0) is 12.5. The zero-order valence-corrected chi connectivity index (χ0v) is 11.7. The molecular weight excluding hydrogens is 290 g/mol. The lowest BCUT2D eigenvalue weighted by Gasteiger charge is -2.29. The van der Waals surface area contributed by atoms with Crippen LogP contribution in [0.3, 0.4) is 0 Å². The number of anilines is 1. The second-order valence-corrected chi connectivity index (χ2v) is 5.31. The molecule has 2 aromatic rings. The molecule has 92 valence electrons. The Labute approximate surface area is 115 Å². The van der Waals surface area contributed by atoms with E-state index < -0.39 is 0 Å². The van der Waals surface area contributed by atoms with Crippen molar-refractivity contribution in [1.29, 1.82) is 0 Å². The number of aryl methyl sites for hydroxylation is 1. The van der Waals surface area contributed by atoms with E-state index in [0.717, 1.165) is 28.0 Å². The molecule has 0 amide bonds. The van der Waals surface area contributed by atoms with Crippen LogP contribution in [0, 0.1) is 6.92 Å². The van der Waals surface area contributed by atoms with Crippen LogP contribution in [0.15, 0.2) is 46.9 Å². The largest absolute Gasteiger partial charge is 0.481 e. The first kappa shape index (κ1) is 11.6. The highest BCUT2D eigenvalue weighted by molar-refractivity contribution is 9.10. The molecule has 0 saturated carbocycles. The van der Waals surface area contributed by atoms with Crippen LogP contribution in [0.25, 0.3) is 0 Å². The fraction of sp³-hybridized carbons (Fsp3) is 0.200. The van der Waals surface area contributed by atoms with Gasteiger partial charge in [0.1, 0.15) is 11.9 Å². The molecule has 1 aliphatic rings. The molecule has 2 aromatic carbocycles. The first-order valence-electron chi connectivity index (χ1n) is 6.00. The highest BCUT2D eigenvalue weighted by Crippen LogP contribution is 2.38. The number of hydrogen-bond acceptors (Lipinski definition) is 2. The van der Waals surface area contributed by atoms with E-state index in [9.17, 15) is 0 Å². The Morgan fingerprint density at radius 2 is 2.00 bits per heavy atom. The molecule has 3 heteroatoms. The normalized spacial score (nSPS) is 17.6. The van der Waals surface area contributed by atoms with Crippen LogP contribution in [0.1, 0.15) is 17.2 Å². The molecule has 0 aliphatic carbocycles. The second kappa shape index (κ2) is 4.65. The molecule has 1 unspecified atom stereocenters. The second-order valence-electron chi connectivity index (χ2n) is 4.46. The molecule has 3 rings (SSSR count). The summed E-state index contributed by atoms with van der Waals surface area (Å²) in [5, 5.41) is 3.43. The standard InChI is InChI=1S/C15H14BrNO/c1-10-5-4-8-13-15(10)18-14(9-17-13)11-6-2-3-7-12(11)16/h2-8,14,17H,9H2,1H3. The van der Waals surface area contributed by atoms with Gasteiger partial charge in [-0.25, -0.2) is 0 Å². The summed E-state index contributed by atoms with van der Waals surface area (Å²) in [6.07, 6.45) is 0.0502. The molecule has 1 aliphatic heterocycles. The number of halogens is 1. The minimum Gasteiger partial charge on any atom is -0.481 e. The summed E-state index contributed by atoms with van der Waals surface area (Å²) in [4.78, 5) is 0. The first-order valence-corrected chi connectivity index (χ1v) is 6.79. The summed E-state index contributed by atoms with van der Waals surface area (Å²) >= 11 is 3.58. The Hall–Kier alpha value is -1.48. The fourth-order valence-corrected chi connectivity index (χ4v) is 2.78. The van der Waals surface area contributed by atoms with Crippen LogP contribution in [0.4, 0.5) is 5.69 Å². The summed E-state index contributed by atoms with van der Waals surface area (Å²) in [6.45, 7) is 2.86. The molecule has 1 heterocycles. The third-order valence-corrected chi connectivity index (χ3v) is 3.92. The van der Waals surface area contributed by atoms with Gasteiger partial charge in [0.2, 0.25) is 0 Å². The van der Waals surface area contributed by atoms with Gasteiger partial charge >= 0.3 is 0 Å². The third kappa shape index (κ3) is 1.99. The quantitative estimate of drug-likeness (QED) is 0.848. The minimum atomic E-state index is 0.0502. The maximum Gasteiger partial charge on any atom is 0.146 e. The highest BCUT2D eigenvalue weighted by Gasteiger charge is 2.23. The summed E-state index contributed by atoms with van der Waals surface area (Å²) in [6, 6.07) is 14.4. The SMILES string of the molecule is Cc1cccc2c1OC(c1ccccc1Br)CN2. The molecule has 18 heavy (non-hydrogen) atoms. The van der Waals surface area contributed by atoms with Gasteiger partial charge in [-0.05, 0) is 24.6 Å². The number of rotatable bonds is 1. The van der Waals surface area contributed by atoms with Gasteiger partial charge in [0.15, 0.2) is 0 Å². The van der Waals surface area contributed by atoms with Gasteiger partial charge in [0.25, 0.3) is 0 Å². The van der Waals surface area contributed by atoms with E-state index in [2.05, 4.69) is 46.4 Å². The third-order valence-electron chi connectivity index (χ3n) is 3.20. The molecule has 0 radical (unpaired) electrons. The highest BCUT2D eigenvalue weighted by atomic mass is 79.9. The van der Waals surface area contributed by atoms with Crippen molar-refractivity contribution in [3.8, 4) is 5.75 Å². The molecule has 0 aromatic heterocycles. The Kier molecular flexibility index (Phi) is 3.00. The Morgan fingerprint density at radius 3 is 2.83 bits per heavy atom. The maximum atomic E-state index is 6.14. The molecule has 0 bridgehead atoms. The number of nitrogens with one attached hydrogen (secondary N) is 1. The Bertz CT molecular complexity index is 582. The predicted octanol–water partition coefficient (Wildman–Crippen LogP) is 4.30. The predicted molar refractivity (Wildman–Crippen MR) is 77.2 cm³/mol. The van der Waals surface area contributed by atoms with Crippen LogP contribution < -0.4 is 10.1 Å². The van der Waals surface area contributed by atoms with Crippen molar-refractivity contribution in [1.82, 2.24) is 0 Å². The molecule has 0 spiro atoms. The number of hydrogen-bond donors (Lipinski definition) is 1. The van der Waals surface area contributed by atoms with Crippen molar-refractivity contribution in [3.05, 3.63) is 58.1 Å². The molecule has 0 saturated heterocycles. The summed E-state index contributed by atoms with van der Waals surface area (Å²) in [5.74, 6) is 0.963. The Morgan fingerprint density at radius 1 is 1.17 bits per heavy atom. The van der Waals surface area contributed by atoms with Gasteiger partial charge in [-0.2, -0.15) is 0 Å². The smallest absolute Gasteiger partial charge is 0.146 e. The number of para-hydroxylation sites is 1. The van der Waals surface area contributed by atoms with Gasteiger partial charge in [-0.1, -0.05) is 46.3 Å². The van der Waals surface area contributed by atoms with E-state index >= 15 is 0 Å². The lowest BCUT2D eigenvalue weighted by molar-refractivity contribution is 0.208. The van der Waals surface area contributed by atoms with Crippen molar-refractivity contribution < 1.29 is 4.74 Å². The maximum absolute atomic E-state index is 6.14. The number of ether oxygens (including phenoxy) is 1. The molecule has 2 nitrogen and oxygen atoms in total. The monoisotopic (exact) mass is 303 g/mol. The van der Waals surface area contributed by atoms with Crippen LogP contribution in [0.2, 0.25) is 0 Å². The summed E-state index contributed by atoms with van der Waals surface area (Å²) in [7, 11) is 0. The van der Waals surface area contributed by atoms with Crippen molar-refractivity contribution in [2.75, 3.05) is 11.9 Å². The van der Waals surface area contributed by atoms with Gasteiger partial charge in [0.05, 0.1) is 12.2 Å². The van der Waals surface area contributed by atoms with Crippen LogP contribution in [-0.2, 0) is 0 Å². The van der Waals surface area contributed by atoms with Gasteiger partial charge in [-0.3, -0.25) is 0 Å². The van der Waals surface area contributed by atoms with Crippen LogP contribution in [-0.4, -0.2) is 6.54 Å². The van der Waals surface area contributed by atoms with Gasteiger partial charge < -0.3 is 10.1 Å². The van der Waals surface area contributed by atoms with Crippen LogP contribution in [0.5, 0.6) is 5.75 Å². The van der Waals surface area contributed by atoms with E-state index in [0.29, 0.717) is 0 Å². The fourth-order valence-electron chi connectivity index (χ4n) is 2.24. The van der Waals surface area contributed by atoms with Crippen molar-refractivity contribution in [2.24, 2.45) is 0 Å². The van der Waals surface area contributed by atoms with Gasteiger partial charge in [-0.15, -0.1) is 0 Å². The van der Waals surface area contributed by atoms with E-state index in [-0.39, 0.29) is 6.10 Å². The number of benzene rings is 2. The molecule has 1 N–H and O–H groups in total. The molecule has 1 atom stereocenters. The van der Waals surface area contributed by atoms with E-state index in [4.69, 9.17) is 4.74 Å². The average Bonchev–Trinajstić information content (AvgIpc) is 2.40. The topological polar surface area (TPSA) is 21.3 Å². The average molecular weight is 304 g/mol. The van der Waals surface area contributed by atoms with Crippen molar-refractivity contribution in [2.45, 2.75) is 13.0 Å². The zero-order valence-electron chi connectivity index (χ0n) is 10.1. The number of fused-ring (bicyclic) bond motifs is 1. The van der Waals surface area contributed by atoms with E-state index in [1.54, 1.807) is 0 Å². The summed E-state index contributed by atoms with van der Waals surface area (Å²) < 4.78 is 7.23. The lowest BCUT2D eigenvalue weighted by atomic mass is 10.1. The van der Waals surface area contributed by atoms with Gasteiger partial charge in [0, 0.05) is 10.0 Å². The van der Waals surface area contributed by atoms with E-state index in [1.165, 1.54) is 5.56 Å². The summed E-state index contributed by atoms with van der Waals surface area (Å²) in [5.41, 5.74) is 3.42. The lowest BCUT2D eigenvalue weighted by Crippen LogP contribution is -2.24. The Balaban J connectivity index is 1.96. The van der Waals surface area contributed by atoms with Crippen LogP contribution >= 0.6 is 15.9 Å². The van der Waals surface area contributed by atoms with Crippen molar-refractivity contribution >= 4 is 21.6 Å².